The van der Waals surface area contributed by atoms with E-state index in [1.165, 1.54) is 0 Å². The van der Waals surface area contributed by atoms with Crippen molar-refractivity contribution in [2.45, 2.75) is 29.6 Å². The monoisotopic (exact) mass is 256 g/mol. The molecule has 1 aromatic rings. The highest BCUT2D eigenvalue weighted by atomic mass is 35.5. The molecule has 86 valence electrons. The molecule has 2 unspecified atom stereocenters. The number of hydrogen-bond donors (Lipinski definition) is 0. The predicted molar refractivity (Wildman–Crippen MR) is 66.5 cm³/mol. The Kier molecular flexibility index (Phi) is 3.90. The number of ether oxygens (including phenoxy) is 1. The van der Waals surface area contributed by atoms with Crippen molar-refractivity contribution in [3.05, 3.63) is 28.8 Å². The summed E-state index contributed by atoms with van der Waals surface area (Å²) in [4.78, 5) is 11.9. The second-order valence-electron chi connectivity index (χ2n) is 3.82. The van der Waals surface area contributed by atoms with E-state index < -0.39 is 0 Å². The van der Waals surface area contributed by atoms with Gasteiger partial charge in [-0.1, -0.05) is 11.6 Å². The van der Waals surface area contributed by atoms with Crippen molar-refractivity contribution in [2.24, 2.45) is 0 Å². The van der Waals surface area contributed by atoms with Crippen LogP contribution in [0.15, 0.2) is 23.1 Å². The Morgan fingerprint density at radius 3 is 3.00 bits per heavy atom. The predicted octanol–water partition coefficient (Wildman–Crippen LogP) is 3.42. The van der Waals surface area contributed by atoms with E-state index in [9.17, 15) is 4.79 Å². The van der Waals surface area contributed by atoms with Gasteiger partial charge in [0.1, 0.15) is 0 Å². The second-order valence-corrected chi connectivity index (χ2v) is 5.54. The third-order valence-corrected chi connectivity index (χ3v) is 4.47. The minimum atomic E-state index is 0.250. The molecule has 0 N–H and O–H groups in total. The van der Waals surface area contributed by atoms with Crippen molar-refractivity contribution < 1.29 is 9.53 Å². The zero-order chi connectivity index (χ0) is 11.5. The molecule has 2 atom stereocenters. The van der Waals surface area contributed by atoms with E-state index in [4.69, 9.17) is 16.3 Å². The fourth-order valence-electron chi connectivity index (χ4n) is 1.75. The van der Waals surface area contributed by atoms with Crippen LogP contribution in [0.25, 0.3) is 0 Å². The van der Waals surface area contributed by atoms with Gasteiger partial charge in [0.15, 0.2) is 6.29 Å². The van der Waals surface area contributed by atoms with Gasteiger partial charge in [0.2, 0.25) is 0 Å². The van der Waals surface area contributed by atoms with Crippen molar-refractivity contribution in [3.8, 4) is 0 Å². The first-order valence-electron chi connectivity index (χ1n) is 5.23. The van der Waals surface area contributed by atoms with Gasteiger partial charge in [-0.05, 0) is 31.5 Å². The summed E-state index contributed by atoms with van der Waals surface area (Å²) >= 11 is 7.55. The van der Waals surface area contributed by atoms with E-state index >= 15 is 0 Å². The van der Waals surface area contributed by atoms with Crippen LogP contribution in [-0.4, -0.2) is 24.2 Å². The molecule has 1 heterocycles. The standard InChI is InChI=1S/C12H13ClO2S/c1-8-11(4-5-15-8)16-12-3-2-10(13)6-9(12)7-14/h2-3,6-8,11H,4-5H2,1H3. The SMILES string of the molecule is CC1OCCC1Sc1ccc(Cl)cc1C=O. The largest absolute Gasteiger partial charge is 0.377 e. The molecule has 0 bridgehead atoms. The van der Waals surface area contributed by atoms with Crippen molar-refractivity contribution in [2.75, 3.05) is 6.61 Å². The lowest BCUT2D eigenvalue weighted by Gasteiger charge is -2.14. The topological polar surface area (TPSA) is 26.3 Å². The van der Waals surface area contributed by atoms with Crippen LogP contribution in [0.3, 0.4) is 0 Å². The molecule has 2 rings (SSSR count). The van der Waals surface area contributed by atoms with Gasteiger partial charge in [0, 0.05) is 27.3 Å². The molecule has 1 fully saturated rings. The molecule has 0 saturated carbocycles. The molecule has 16 heavy (non-hydrogen) atoms. The van der Waals surface area contributed by atoms with Crippen molar-refractivity contribution in [3.63, 3.8) is 0 Å². The fraction of sp³-hybridized carbons (Fsp3) is 0.417. The van der Waals surface area contributed by atoms with Crippen molar-refractivity contribution >= 4 is 29.6 Å². The van der Waals surface area contributed by atoms with E-state index in [2.05, 4.69) is 6.92 Å². The first-order valence-corrected chi connectivity index (χ1v) is 6.49. The Bertz CT molecular complexity index is 395. The number of carbonyl (C=O) groups is 1. The van der Waals surface area contributed by atoms with Crippen LogP contribution in [0, 0.1) is 0 Å². The molecular formula is C12H13ClO2S. The van der Waals surface area contributed by atoms with Crippen LogP contribution in [0.5, 0.6) is 0 Å². The number of hydrogen-bond acceptors (Lipinski definition) is 3. The highest BCUT2D eigenvalue weighted by Crippen LogP contribution is 2.34. The first-order chi connectivity index (χ1) is 7.70. The summed E-state index contributed by atoms with van der Waals surface area (Å²) in [5.74, 6) is 0. The molecule has 1 aliphatic rings. The molecule has 4 heteroatoms. The third-order valence-electron chi connectivity index (χ3n) is 2.68. The minimum absolute atomic E-state index is 0.250. The van der Waals surface area contributed by atoms with E-state index in [1.807, 2.05) is 12.1 Å². The lowest BCUT2D eigenvalue weighted by molar-refractivity contribution is 0.112. The Balaban J connectivity index is 2.17. The summed E-state index contributed by atoms with van der Waals surface area (Å²) in [6.07, 6.45) is 2.14. The molecule has 0 aliphatic carbocycles. The zero-order valence-corrected chi connectivity index (χ0v) is 10.6. The summed E-state index contributed by atoms with van der Waals surface area (Å²) in [6, 6.07) is 5.43. The lowest BCUT2D eigenvalue weighted by Crippen LogP contribution is -2.13. The maximum Gasteiger partial charge on any atom is 0.151 e. The first kappa shape index (κ1) is 12.0. The van der Waals surface area contributed by atoms with Crippen LogP contribution in [0.2, 0.25) is 5.02 Å². The highest BCUT2D eigenvalue weighted by Gasteiger charge is 2.25. The summed E-state index contributed by atoms with van der Waals surface area (Å²) in [5.41, 5.74) is 0.664. The van der Waals surface area contributed by atoms with Crippen LogP contribution in [0.4, 0.5) is 0 Å². The van der Waals surface area contributed by atoms with Gasteiger partial charge in [-0.2, -0.15) is 0 Å². The number of aldehydes is 1. The van der Waals surface area contributed by atoms with Gasteiger partial charge < -0.3 is 4.74 Å². The smallest absolute Gasteiger partial charge is 0.151 e. The van der Waals surface area contributed by atoms with Gasteiger partial charge in [-0.25, -0.2) is 0 Å². The average Bonchev–Trinajstić information content (AvgIpc) is 2.67. The van der Waals surface area contributed by atoms with Gasteiger partial charge in [0.05, 0.1) is 6.10 Å². The lowest BCUT2D eigenvalue weighted by atomic mass is 10.2. The molecule has 1 aromatic carbocycles. The van der Waals surface area contributed by atoms with Crippen LogP contribution < -0.4 is 0 Å². The summed E-state index contributed by atoms with van der Waals surface area (Å²) in [5, 5.41) is 1.03. The van der Waals surface area contributed by atoms with Crippen LogP contribution in [-0.2, 0) is 4.74 Å². The molecule has 0 spiro atoms. The molecule has 0 amide bonds. The van der Waals surface area contributed by atoms with Gasteiger partial charge in [-0.3, -0.25) is 4.79 Å². The van der Waals surface area contributed by atoms with Gasteiger partial charge in [0.25, 0.3) is 0 Å². The maximum atomic E-state index is 10.9. The van der Waals surface area contributed by atoms with Crippen molar-refractivity contribution in [1.29, 1.82) is 0 Å². The summed E-state index contributed by atoms with van der Waals surface area (Å²) in [6.45, 7) is 2.88. The van der Waals surface area contributed by atoms with E-state index in [0.29, 0.717) is 15.8 Å². The summed E-state index contributed by atoms with van der Waals surface area (Å²) in [7, 11) is 0. The molecule has 0 aromatic heterocycles. The number of rotatable bonds is 3. The molecular weight excluding hydrogens is 244 g/mol. The average molecular weight is 257 g/mol. The fourth-order valence-corrected chi connectivity index (χ4v) is 3.13. The van der Waals surface area contributed by atoms with E-state index in [0.717, 1.165) is 24.2 Å². The second kappa shape index (κ2) is 5.21. The molecule has 0 radical (unpaired) electrons. The summed E-state index contributed by atoms with van der Waals surface area (Å²) < 4.78 is 5.50. The quantitative estimate of drug-likeness (QED) is 0.775. The normalized spacial score (nSPS) is 24.6. The Hall–Kier alpha value is -0.510. The van der Waals surface area contributed by atoms with E-state index in [-0.39, 0.29) is 6.10 Å². The van der Waals surface area contributed by atoms with Crippen molar-refractivity contribution in [1.82, 2.24) is 0 Å². The number of carbonyl (C=O) groups excluding carboxylic acids is 1. The highest BCUT2D eigenvalue weighted by molar-refractivity contribution is 8.00. The number of thioether (sulfide) groups is 1. The molecule has 1 saturated heterocycles. The number of benzene rings is 1. The molecule has 2 nitrogen and oxygen atoms in total. The zero-order valence-electron chi connectivity index (χ0n) is 8.98. The van der Waals surface area contributed by atoms with Crippen LogP contribution in [0.1, 0.15) is 23.7 Å². The Morgan fingerprint density at radius 1 is 1.56 bits per heavy atom. The minimum Gasteiger partial charge on any atom is -0.377 e. The Morgan fingerprint density at radius 2 is 2.38 bits per heavy atom. The van der Waals surface area contributed by atoms with E-state index in [1.54, 1.807) is 17.8 Å². The molecule has 1 aliphatic heterocycles. The maximum absolute atomic E-state index is 10.9. The third kappa shape index (κ3) is 2.59. The van der Waals surface area contributed by atoms with Gasteiger partial charge >= 0.3 is 0 Å². The Labute approximate surface area is 104 Å². The van der Waals surface area contributed by atoms with Gasteiger partial charge in [-0.15, -0.1) is 11.8 Å². The number of halogens is 1. The van der Waals surface area contributed by atoms with Crippen LogP contribution >= 0.6 is 23.4 Å².